The number of aromatic nitrogens is 1. The number of thiazole rings is 1. The fourth-order valence-corrected chi connectivity index (χ4v) is 6.16. The van der Waals surface area contributed by atoms with Crippen LogP contribution in [0.5, 0.6) is 5.75 Å². The molecule has 36 heavy (non-hydrogen) atoms. The summed E-state index contributed by atoms with van der Waals surface area (Å²) in [5.74, 6) is -0.416. The lowest BCUT2D eigenvalue weighted by Gasteiger charge is -2.30. The first kappa shape index (κ1) is 22.6. The normalized spacial score (nSPS) is 16.7. The average molecular weight is 560 g/mol. The number of nitro groups is 1. The van der Waals surface area contributed by atoms with Gasteiger partial charge in [-0.25, -0.2) is 4.99 Å². The molecular weight excluding hydrogens is 542 g/mol. The number of fused-ring (bicyclic) bond motifs is 3. The predicted octanol–water partition coefficient (Wildman–Crippen LogP) is 4.70. The first-order valence-electron chi connectivity index (χ1n) is 11.3. The fourth-order valence-electron chi connectivity index (χ4n) is 4.90. The number of rotatable bonds is 3. The molecule has 0 fully saturated rings. The molecular formula is C27H18BrN3O4S. The highest BCUT2D eigenvalue weighted by molar-refractivity contribution is 9.10. The van der Waals surface area contributed by atoms with E-state index in [9.17, 15) is 20.0 Å². The van der Waals surface area contributed by atoms with E-state index in [2.05, 4.69) is 28.1 Å². The summed E-state index contributed by atoms with van der Waals surface area (Å²) in [6.07, 6.45) is 3.29. The number of aromatic hydroxyl groups is 1. The maximum atomic E-state index is 13.7. The molecule has 0 spiro atoms. The van der Waals surface area contributed by atoms with Gasteiger partial charge < -0.3 is 5.11 Å². The van der Waals surface area contributed by atoms with E-state index in [0.29, 0.717) is 14.9 Å². The third kappa shape index (κ3) is 3.71. The Labute approximate surface area is 217 Å². The summed E-state index contributed by atoms with van der Waals surface area (Å²) in [6.45, 7) is 0. The van der Waals surface area contributed by atoms with Crippen LogP contribution in [0.3, 0.4) is 0 Å². The zero-order valence-electron chi connectivity index (χ0n) is 18.7. The molecule has 4 aromatic rings. The molecule has 1 aliphatic heterocycles. The molecule has 1 atom stereocenters. The van der Waals surface area contributed by atoms with Gasteiger partial charge in [-0.15, -0.1) is 0 Å². The minimum absolute atomic E-state index is 0.201. The zero-order chi connectivity index (χ0) is 25.0. The van der Waals surface area contributed by atoms with Crippen molar-refractivity contribution >= 4 is 44.7 Å². The molecule has 0 radical (unpaired) electrons. The van der Waals surface area contributed by atoms with Gasteiger partial charge in [0.25, 0.3) is 5.56 Å². The molecule has 178 valence electrons. The third-order valence-electron chi connectivity index (χ3n) is 6.55. The third-order valence-corrected chi connectivity index (χ3v) is 8.06. The number of hydrogen-bond donors (Lipinski definition) is 1. The van der Waals surface area contributed by atoms with Gasteiger partial charge in [0, 0.05) is 16.1 Å². The summed E-state index contributed by atoms with van der Waals surface area (Å²) in [4.78, 5) is 29.9. The van der Waals surface area contributed by atoms with Crippen molar-refractivity contribution < 1.29 is 10.0 Å². The van der Waals surface area contributed by atoms with E-state index < -0.39 is 16.4 Å². The average Bonchev–Trinajstić information content (AvgIpc) is 3.18. The smallest absolute Gasteiger partial charge is 0.311 e. The van der Waals surface area contributed by atoms with Crippen molar-refractivity contribution in [2.24, 2.45) is 4.99 Å². The quantitative estimate of drug-likeness (QED) is 0.290. The second kappa shape index (κ2) is 8.69. The molecule has 1 aliphatic carbocycles. The van der Waals surface area contributed by atoms with Crippen LogP contribution in [0.15, 0.2) is 86.6 Å². The number of benzene rings is 3. The number of halogens is 1. The van der Waals surface area contributed by atoms with Crippen LogP contribution in [0.25, 0.3) is 11.8 Å². The molecule has 2 heterocycles. The molecule has 2 aliphatic rings. The fraction of sp³-hybridized carbons (Fsp3) is 0.111. The second-order valence-corrected chi connectivity index (χ2v) is 10.6. The first-order valence-corrected chi connectivity index (χ1v) is 12.9. The molecule has 6 rings (SSSR count). The molecule has 0 amide bonds. The maximum Gasteiger partial charge on any atom is 0.311 e. The maximum absolute atomic E-state index is 13.7. The van der Waals surface area contributed by atoms with Gasteiger partial charge >= 0.3 is 5.69 Å². The lowest BCUT2D eigenvalue weighted by molar-refractivity contribution is -0.385. The molecule has 9 heteroatoms. The van der Waals surface area contributed by atoms with Crippen LogP contribution >= 0.6 is 27.3 Å². The van der Waals surface area contributed by atoms with Gasteiger partial charge in [0.15, 0.2) is 10.6 Å². The van der Waals surface area contributed by atoms with E-state index in [1.54, 1.807) is 16.7 Å². The highest BCUT2D eigenvalue weighted by Crippen LogP contribution is 2.41. The first-order chi connectivity index (χ1) is 17.4. The van der Waals surface area contributed by atoms with E-state index >= 15 is 0 Å². The van der Waals surface area contributed by atoms with E-state index in [0.717, 1.165) is 39.7 Å². The summed E-state index contributed by atoms with van der Waals surface area (Å²) >= 11 is 4.76. The Balaban J connectivity index is 1.60. The summed E-state index contributed by atoms with van der Waals surface area (Å²) in [6, 6.07) is 20.0. The Hall–Kier alpha value is -3.82. The van der Waals surface area contributed by atoms with Crippen molar-refractivity contribution in [3.05, 3.63) is 129 Å². The van der Waals surface area contributed by atoms with E-state index in [1.807, 2.05) is 36.4 Å². The van der Waals surface area contributed by atoms with E-state index in [4.69, 9.17) is 4.99 Å². The van der Waals surface area contributed by atoms with Crippen LogP contribution in [0.4, 0.5) is 5.69 Å². The predicted molar refractivity (Wildman–Crippen MR) is 142 cm³/mol. The van der Waals surface area contributed by atoms with Crippen molar-refractivity contribution in [2.45, 2.75) is 18.9 Å². The Kier molecular flexibility index (Phi) is 5.46. The number of hydrogen-bond acceptors (Lipinski definition) is 6. The molecule has 1 aromatic heterocycles. The second-order valence-electron chi connectivity index (χ2n) is 8.67. The molecule has 7 nitrogen and oxygen atoms in total. The number of allylic oxidation sites excluding steroid dienone is 1. The standard InChI is InChI=1S/C27H18BrN3O4S/c28-18-9-6-17(7-10-18)25-20-11-8-16-3-1-2-4-19(16)24(20)29-27-30(25)26(33)23(36-27)14-15-5-12-22(32)21(13-15)31(34)35/h1-7,9-10,12-14,25,32H,8,11H2/b23-14-/t25-/m0/s1. The zero-order valence-corrected chi connectivity index (χ0v) is 21.1. The van der Waals surface area contributed by atoms with Crippen molar-refractivity contribution in [2.75, 3.05) is 0 Å². The highest BCUT2D eigenvalue weighted by Gasteiger charge is 2.32. The van der Waals surface area contributed by atoms with Gasteiger partial charge in [0.1, 0.15) is 0 Å². The Bertz CT molecular complexity index is 1770. The van der Waals surface area contributed by atoms with Crippen LogP contribution in [-0.2, 0) is 6.42 Å². The lowest BCUT2D eigenvalue weighted by atomic mass is 9.83. The van der Waals surface area contributed by atoms with Crippen molar-refractivity contribution in [1.82, 2.24) is 4.57 Å². The summed E-state index contributed by atoms with van der Waals surface area (Å²) in [5.41, 5.74) is 5.20. The van der Waals surface area contributed by atoms with Gasteiger partial charge in [-0.1, -0.05) is 69.7 Å². The molecule has 3 aromatic carbocycles. The van der Waals surface area contributed by atoms with Crippen LogP contribution in [0.1, 0.15) is 34.7 Å². The summed E-state index contributed by atoms with van der Waals surface area (Å²) < 4.78 is 3.11. The Morgan fingerprint density at radius 3 is 2.67 bits per heavy atom. The largest absolute Gasteiger partial charge is 0.502 e. The number of phenolic OH excluding ortho intramolecular Hbond substituents is 1. The molecule has 0 bridgehead atoms. The summed E-state index contributed by atoms with van der Waals surface area (Å²) in [5, 5.41) is 21.1. The topological polar surface area (TPSA) is 97.7 Å². The minimum Gasteiger partial charge on any atom is -0.502 e. The van der Waals surface area contributed by atoms with Gasteiger partial charge in [-0.05, 0) is 59.4 Å². The minimum atomic E-state index is -0.646. The Morgan fingerprint density at radius 2 is 1.89 bits per heavy atom. The van der Waals surface area contributed by atoms with Gasteiger partial charge in [-0.2, -0.15) is 0 Å². The van der Waals surface area contributed by atoms with Crippen molar-refractivity contribution in [1.29, 1.82) is 0 Å². The molecule has 0 saturated carbocycles. The summed E-state index contributed by atoms with van der Waals surface area (Å²) in [7, 11) is 0. The monoisotopic (exact) mass is 559 g/mol. The molecule has 0 unspecified atom stereocenters. The van der Waals surface area contributed by atoms with E-state index in [-0.39, 0.29) is 11.6 Å². The Morgan fingerprint density at radius 1 is 1.11 bits per heavy atom. The SMILES string of the molecule is O=c1/c(=C/c2ccc(O)c([N+](=O)[O-])c2)sc2n1[C@@H](c1ccc(Br)cc1)C1=C(N=2)c2ccccc2CC1. The molecule has 1 N–H and O–H groups in total. The number of nitrogens with zero attached hydrogens (tertiary/aromatic N) is 3. The van der Waals surface area contributed by atoms with Gasteiger partial charge in [0.05, 0.1) is 21.2 Å². The number of phenols is 1. The number of nitro benzene ring substituents is 1. The van der Waals surface area contributed by atoms with Crippen LogP contribution in [0.2, 0.25) is 0 Å². The van der Waals surface area contributed by atoms with Crippen LogP contribution in [0, 0.1) is 10.1 Å². The molecule has 0 saturated heterocycles. The van der Waals surface area contributed by atoms with Crippen LogP contribution in [-0.4, -0.2) is 14.6 Å². The van der Waals surface area contributed by atoms with Crippen molar-refractivity contribution in [3.63, 3.8) is 0 Å². The van der Waals surface area contributed by atoms with Gasteiger partial charge in [-0.3, -0.25) is 19.5 Å². The van der Waals surface area contributed by atoms with Crippen LogP contribution < -0.4 is 14.9 Å². The van der Waals surface area contributed by atoms with Crippen molar-refractivity contribution in [3.8, 4) is 5.75 Å². The highest BCUT2D eigenvalue weighted by atomic mass is 79.9. The lowest BCUT2D eigenvalue weighted by Crippen LogP contribution is -2.38. The van der Waals surface area contributed by atoms with Gasteiger partial charge in [0.2, 0.25) is 0 Å². The number of aryl methyl sites for hydroxylation is 1. The van der Waals surface area contributed by atoms with E-state index in [1.165, 1.54) is 29.0 Å².